The summed E-state index contributed by atoms with van der Waals surface area (Å²) in [5.74, 6) is 0.0205. The third-order valence-electron chi connectivity index (χ3n) is 8.40. The van der Waals surface area contributed by atoms with E-state index in [1.165, 1.54) is 6.07 Å². The predicted molar refractivity (Wildman–Crippen MR) is 175 cm³/mol. The summed E-state index contributed by atoms with van der Waals surface area (Å²) < 4.78 is 58.0. The molecular formula is C33H40FN3O6SSi. The number of pyridine rings is 1. The van der Waals surface area contributed by atoms with E-state index in [0.717, 1.165) is 17.2 Å². The molecule has 2 aromatic carbocycles. The first-order valence-electron chi connectivity index (χ1n) is 15.1. The predicted octanol–water partition coefficient (Wildman–Crippen LogP) is 5.81. The van der Waals surface area contributed by atoms with E-state index in [4.69, 9.17) is 23.9 Å². The van der Waals surface area contributed by atoms with Gasteiger partial charge in [0.1, 0.15) is 30.7 Å². The van der Waals surface area contributed by atoms with Gasteiger partial charge >= 0.3 is 0 Å². The van der Waals surface area contributed by atoms with Crippen molar-refractivity contribution in [1.29, 1.82) is 0 Å². The summed E-state index contributed by atoms with van der Waals surface area (Å²) in [4.78, 5) is 5.40. The average molecular weight is 654 g/mol. The van der Waals surface area contributed by atoms with E-state index in [9.17, 15) is 9.32 Å². The van der Waals surface area contributed by atoms with Crippen molar-refractivity contribution in [2.45, 2.75) is 61.7 Å². The topological polar surface area (TPSA) is 104 Å². The van der Waals surface area contributed by atoms with Crippen molar-refractivity contribution >= 4 is 28.8 Å². The van der Waals surface area contributed by atoms with Gasteiger partial charge in [-0.1, -0.05) is 56.0 Å². The van der Waals surface area contributed by atoms with Gasteiger partial charge in [-0.3, -0.25) is 4.57 Å². The summed E-state index contributed by atoms with van der Waals surface area (Å²) in [5.41, 5.74) is 3.89. The molecule has 45 heavy (non-hydrogen) atoms. The Balaban J connectivity index is 1.28. The number of hydrogen-bond donors (Lipinski definition) is 1. The fourth-order valence-electron chi connectivity index (χ4n) is 5.62. The molecule has 0 spiro atoms. The zero-order valence-corrected chi connectivity index (χ0v) is 28.1. The van der Waals surface area contributed by atoms with Gasteiger partial charge in [-0.15, -0.1) is 0 Å². The molecular weight excluding hydrogens is 614 g/mol. The summed E-state index contributed by atoms with van der Waals surface area (Å²) in [6, 6.07) is 19.3. The Morgan fingerprint density at radius 2 is 1.67 bits per heavy atom. The Hall–Kier alpha value is -3.13. The molecule has 6 rings (SSSR count). The highest BCUT2D eigenvalue weighted by molar-refractivity contribution is 7.93. The third kappa shape index (κ3) is 6.72. The lowest BCUT2D eigenvalue weighted by Crippen LogP contribution is -2.35. The molecule has 4 heterocycles. The number of hydrogen-bond acceptors (Lipinski definition) is 8. The van der Waals surface area contributed by atoms with Crippen molar-refractivity contribution in [2.24, 2.45) is 4.36 Å². The molecule has 0 bridgehead atoms. The highest BCUT2D eigenvalue weighted by Gasteiger charge is 2.48. The molecule has 1 unspecified atom stereocenters. The zero-order chi connectivity index (χ0) is 31.9. The Bertz CT molecular complexity index is 1800. The minimum atomic E-state index is -2.40. The number of nitrogens with zero attached hydrogens (tertiary/aromatic N) is 3. The summed E-state index contributed by atoms with van der Waals surface area (Å²) >= 11 is 0. The number of aliphatic hydroxyl groups is 1. The number of ether oxygens (including phenoxy) is 4. The van der Waals surface area contributed by atoms with Crippen molar-refractivity contribution < 1.29 is 32.7 Å². The van der Waals surface area contributed by atoms with Gasteiger partial charge in [0.2, 0.25) is 0 Å². The van der Waals surface area contributed by atoms with E-state index in [0.29, 0.717) is 34.0 Å². The molecule has 0 aliphatic carbocycles. The van der Waals surface area contributed by atoms with Crippen LogP contribution in [0.3, 0.4) is 0 Å². The normalized spacial score (nSPS) is 22.8. The molecule has 0 radical (unpaired) electrons. The van der Waals surface area contributed by atoms with Crippen molar-refractivity contribution in [3.05, 3.63) is 66.5 Å². The smallest absolute Gasteiger partial charge is 0.198 e. The number of fused-ring (bicyclic) bond motifs is 2. The Morgan fingerprint density at radius 1 is 1.02 bits per heavy atom. The summed E-state index contributed by atoms with van der Waals surface area (Å²) in [7, 11) is -2.15. The van der Waals surface area contributed by atoms with Crippen molar-refractivity contribution in [1.82, 2.24) is 9.55 Å². The first kappa shape index (κ1) is 31.8. The monoisotopic (exact) mass is 653 g/mol. The third-order valence-corrected chi connectivity index (χ3v) is 12.0. The Labute approximate surface area is 264 Å². The minimum absolute atomic E-state index is 0.182. The molecule has 240 valence electrons. The average Bonchev–Trinajstić information content (AvgIpc) is 3.69. The molecule has 5 atom stereocenters. The fraction of sp³-hybridized carbons (Fsp3) is 0.424. The van der Waals surface area contributed by atoms with Crippen LogP contribution in [0.2, 0.25) is 25.7 Å². The second-order valence-electron chi connectivity index (χ2n) is 12.9. The maximum Gasteiger partial charge on any atom is 0.198 e. The first-order chi connectivity index (χ1) is 21.4. The molecule has 0 saturated carbocycles. The van der Waals surface area contributed by atoms with Gasteiger partial charge in [0.05, 0.1) is 34.0 Å². The molecule has 4 aromatic rings. The number of benzene rings is 2. The SMILES string of the molecule is CN=S(C)(=O)c1ccc(-c2ccc(-c3nc4cc(O[C@@H]5CO[C@H]6[C@@H]5OC[C@H]6O)n(COCC[Si](C)(C)C)c4cc3F)cc2)cc1. The van der Waals surface area contributed by atoms with Gasteiger partial charge in [0.25, 0.3) is 0 Å². The largest absolute Gasteiger partial charge is 0.470 e. The van der Waals surface area contributed by atoms with Gasteiger partial charge in [-0.2, -0.15) is 0 Å². The molecule has 2 aromatic heterocycles. The molecule has 9 nitrogen and oxygen atoms in total. The lowest BCUT2D eigenvalue weighted by atomic mass is 10.0. The molecule has 0 amide bonds. The van der Waals surface area contributed by atoms with Crippen LogP contribution in [0.25, 0.3) is 33.4 Å². The van der Waals surface area contributed by atoms with Crippen LogP contribution in [-0.2, 0) is 30.7 Å². The van der Waals surface area contributed by atoms with Crippen molar-refractivity contribution in [3.63, 3.8) is 0 Å². The van der Waals surface area contributed by atoms with E-state index in [-0.39, 0.29) is 31.7 Å². The second-order valence-corrected chi connectivity index (χ2v) is 21.0. The summed E-state index contributed by atoms with van der Waals surface area (Å²) in [6.07, 6.45) is -0.308. The Morgan fingerprint density at radius 3 is 2.33 bits per heavy atom. The van der Waals surface area contributed by atoms with Crippen LogP contribution in [0.15, 0.2) is 69.9 Å². The van der Waals surface area contributed by atoms with Crippen LogP contribution in [-0.4, -0.2) is 84.5 Å². The lowest BCUT2D eigenvalue weighted by Gasteiger charge is -2.20. The summed E-state index contributed by atoms with van der Waals surface area (Å²) in [6.45, 7) is 8.13. The highest BCUT2D eigenvalue weighted by Crippen LogP contribution is 2.35. The second kappa shape index (κ2) is 12.6. The van der Waals surface area contributed by atoms with Crippen LogP contribution in [0, 0.1) is 5.82 Å². The minimum Gasteiger partial charge on any atom is -0.470 e. The molecule has 2 aliphatic rings. The molecule has 12 heteroatoms. The van der Waals surface area contributed by atoms with Gasteiger partial charge in [0, 0.05) is 50.6 Å². The maximum absolute atomic E-state index is 15.7. The van der Waals surface area contributed by atoms with Crippen LogP contribution >= 0.6 is 0 Å². The van der Waals surface area contributed by atoms with Gasteiger partial charge in [-0.25, -0.2) is 17.9 Å². The van der Waals surface area contributed by atoms with Crippen LogP contribution < -0.4 is 4.74 Å². The van der Waals surface area contributed by atoms with E-state index >= 15 is 4.39 Å². The molecule has 2 saturated heterocycles. The lowest BCUT2D eigenvalue weighted by molar-refractivity contribution is 0.00479. The van der Waals surface area contributed by atoms with Gasteiger partial charge in [0.15, 0.2) is 17.8 Å². The van der Waals surface area contributed by atoms with E-state index < -0.39 is 41.9 Å². The van der Waals surface area contributed by atoms with Gasteiger partial charge < -0.3 is 24.1 Å². The standard InChI is InChI=1S/C33H40FN3O6SSi/c1-35-44(2,39)24-12-10-22(11-13-24)21-6-8-23(9-7-21)31-25(34)16-27-26(36-31)17-30(37(27)20-40-14-15-45(3,4)5)43-29-19-42-32-28(38)18-41-33(29)32/h6-13,16-17,28-29,32-33,38H,14-15,18-20H2,1-5H3/t28-,29-,32-,33-,44?/m1/s1. The zero-order valence-electron chi connectivity index (χ0n) is 26.2. The van der Waals surface area contributed by atoms with Gasteiger partial charge in [-0.05, 0) is 29.3 Å². The molecule has 1 N–H and O–H groups in total. The number of aliphatic hydroxyl groups excluding tert-OH is 1. The van der Waals surface area contributed by atoms with Crippen molar-refractivity contribution in [2.75, 3.05) is 33.1 Å². The maximum atomic E-state index is 15.7. The highest BCUT2D eigenvalue weighted by atomic mass is 32.2. The van der Waals surface area contributed by atoms with E-state index in [1.54, 1.807) is 23.9 Å². The molecule has 2 fully saturated rings. The Kier molecular flexibility index (Phi) is 8.90. The number of rotatable bonds is 10. The van der Waals surface area contributed by atoms with E-state index in [2.05, 4.69) is 24.0 Å². The number of halogens is 1. The van der Waals surface area contributed by atoms with Crippen LogP contribution in [0.1, 0.15) is 0 Å². The van der Waals surface area contributed by atoms with Crippen LogP contribution in [0.4, 0.5) is 4.39 Å². The first-order valence-corrected chi connectivity index (χ1v) is 20.7. The van der Waals surface area contributed by atoms with E-state index in [1.807, 2.05) is 48.5 Å². The van der Waals surface area contributed by atoms with Crippen LogP contribution in [0.5, 0.6) is 5.88 Å². The fourth-order valence-corrected chi connectivity index (χ4v) is 7.23. The summed E-state index contributed by atoms with van der Waals surface area (Å²) in [5, 5.41) is 10.2. The van der Waals surface area contributed by atoms with Crippen molar-refractivity contribution in [3.8, 4) is 28.3 Å². The molecule has 2 aliphatic heterocycles. The number of aromatic nitrogens is 2. The quantitative estimate of drug-likeness (QED) is 0.170.